The first kappa shape index (κ1) is 17.4. The van der Waals surface area contributed by atoms with Crippen LogP contribution in [0.2, 0.25) is 0 Å². The van der Waals surface area contributed by atoms with Gasteiger partial charge in [0.15, 0.2) is 0 Å². The van der Waals surface area contributed by atoms with Gasteiger partial charge in [-0.2, -0.15) is 0 Å². The molecule has 1 heterocycles. The fourth-order valence-electron chi connectivity index (χ4n) is 2.91. The summed E-state index contributed by atoms with van der Waals surface area (Å²) in [5, 5.41) is 11.2. The Balaban J connectivity index is 2.14. The minimum atomic E-state index is -0.859. The molecule has 2 aromatic carbocycles. The first-order valence-corrected chi connectivity index (χ1v) is 8.21. The normalized spacial score (nSPS) is 11.7. The van der Waals surface area contributed by atoms with E-state index in [-0.39, 0.29) is 0 Å². The highest BCUT2D eigenvalue weighted by atomic mass is 16.5. The molecule has 1 N–H and O–H groups in total. The molecule has 25 heavy (non-hydrogen) atoms. The molecule has 0 saturated carbocycles. The highest BCUT2D eigenvalue weighted by Crippen LogP contribution is 2.33. The van der Waals surface area contributed by atoms with E-state index in [0.717, 1.165) is 38.9 Å². The van der Waals surface area contributed by atoms with Gasteiger partial charge in [-0.3, -0.25) is 4.98 Å². The second-order valence-corrected chi connectivity index (χ2v) is 6.66. The minimum absolute atomic E-state index is 0.524. The lowest BCUT2D eigenvalue weighted by molar-refractivity contribution is 0.0786. The first-order valence-electron chi connectivity index (χ1n) is 8.21. The van der Waals surface area contributed by atoms with E-state index < -0.39 is 5.60 Å². The van der Waals surface area contributed by atoms with Crippen molar-refractivity contribution in [3.63, 3.8) is 0 Å². The van der Waals surface area contributed by atoms with Crippen LogP contribution >= 0.6 is 0 Å². The molecule has 0 atom stereocenters. The van der Waals surface area contributed by atoms with Gasteiger partial charge < -0.3 is 14.6 Å². The molecular formula is C21H23NO3. The van der Waals surface area contributed by atoms with Crippen LogP contribution in [0.25, 0.3) is 22.0 Å². The van der Waals surface area contributed by atoms with Gasteiger partial charge in [0, 0.05) is 24.3 Å². The SMILES string of the molecule is COCc1cnc2c(-c3ccc(C(C)(C)O)cc3)cc(OC)cc2c1. The van der Waals surface area contributed by atoms with Crippen LogP contribution in [0.3, 0.4) is 0 Å². The summed E-state index contributed by atoms with van der Waals surface area (Å²) in [5.41, 5.74) is 3.98. The van der Waals surface area contributed by atoms with Gasteiger partial charge in [-0.05, 0) is 48.7 Å². The topological polar surface area (TPSA) is 51.6 Å². The molecule has 4 nitrogen and oxygen atoms in total. The summed E-state index contributed by atoms with van der Waals surface area (Å²) < 4.78 is 10.7. The molecule has 0 radical (unpaired) electrons. The summed E-state index contributed by atoms with van der Waals surface area (Å²) in [4.78, 5) is 4.64. The lowest BCUT2D eigenvalue weighted by atomic mass is 9.94. The number of fused-ring (bicyclic) bond motifs is 1. The molecule has 0 aliphatic rings. The van der Waals surface area contributed by atoms with Gasteiger partial charge in [0.1, 0.15) is 5.75 Å². The van der Waals surface area contributed by atoms with E-state index in [9.17, 15) is 5.11 Å². The molecule has 3 rings (SSSR count). The smallest absolute Gasteiger partial charge is 0.120 e. The van der Waals surface area contributed by atoms with Crippen molar-refractivity contribution in [1.82, 2.24) is 4.98 Å². The van der Waals surface area contributed by atoms with Gasteiger partial charge in [-0.1, -0.05) is 24.3 Å². The molecule has 1 aromatic heterocycles. The van der Waals surface area contributed by atoms with E-state index in [1.807, 2.05) is 42.6 Å². The van der Waals surface area contributed by atoms with Gasteiger partial charge in [-0.15, -0.1) is 0 Å². The zero-order valence-electron chi connectivity index (χ0n) is 15.0. The van der Waals surface area contributed by atoms with Crippen LogP contribution in [-0.2, 0) is 16.9 Å². The van der Waals surface area contributed by atoms with Crippen molar-refractivity contribution in [3.05, 3.63) is 59.8 Å². The summed E-state index contributed by atoms with van der Waals surface area (Å²) in [6.45, 7) is 4.08. The summed E-state index contributed by atoms with van der Waals surface area (Å²) in [7, 11) is 3.33. The summed E-state index contributed by atoms with van der Waals surface area (Å²) in [6.07, 6.45) is 1.84. The zero-order valence-corrected chi connectivity index (χ0v) is 15.0. The predicted molar refractivity (Wildman–Crippen MR) is 99.7 cm³/mol. The van der Waals surface area contributed by atoms with Crippen LogP contribution in [0, 0.1) is 0 Å². The number of hydrogen-bond donors (Lipinski definition) is 1. The average molecular weight is 337 g/mol. The van der Waals surface area contributed by atoms with E-state index in [1.54, 1.807) is 28.1 Å². The molecule has 0 saturated heterocycles. The molecule has 0 aliphatic carbocycles. The van der Waals surface area contributed by atoms with Crippen molar-refractivity contribution in [2.75, 3.05) is 14.2 Å². The summed E-state index contributed by atoms with van der Waals surface area (Å²) in [5.74, 6) is 0.783. The maximum atomic E-state index is 10.1. The number of benzene rings is 2. The third kappa shape index (κ3) is 3.65. The van der Waals surface area contributed by atoms with E-state index in [2.05, 4.69) is 11.1 Å². The Morgan fingerprint density at radius 2 is 1.76 bits per heavy atom. The number of rotatable bonds is 5. The summed E-state index contributed by atoms with van der Waals surface area (Å²) >= 11 is 0. The van der Waals surface area contributed by atoms with Crippen molar-refractivity contribution in [2.45, 2.75) is 26.1 Å². The number of hydrogen-bond acceptors (Lipinski definition) is 4. The maximum Gasteiger partial charge on any atom is 0.120 e. The Labute approximate surface area is 148 Å². The van der Waals surface area contributed by atoms with Gasteiger partial charge in [-0.25, -0.2) is 0 Å². The Bertz CT molecular complexity index is 880. The zero-order chi connectivity index (χ0) is 18.0. The van der Waals surface area contributed by atoms with Gasteiger partial charge in [0.2, 0.25) is 0 Å². The maximum absolute atomic E-state index is 10.1. The number of pyridine rings is 1. The molecular weight excluding hydrogens is 314 g/mol. The number of nitrogens with zero attached hydrogens (tertiary/aromatic N) is 1. The van der Waals surface area contributed by atoms with Crippen LogP contribution < -0.4 is 4.74 Å². The summed E-state index contributed by atoms with van der Waals surface area (Å²) in [6, 6.07) is 13.9. The van der Waals surface area contributed by atoms with Crippen LogP contribution in [-0.4, -0.2) is 24.3 Å². The third-order valence-corrected chi connectivity index (χ3v) is 4.26. The fraction of sp³-hybridized carbons (Fsp3) is 0.286. The predicted octanol–water partition coefficient (Wildman–Crippen LogP) is 4.28. The minimum Gasteiger partial charge on any atom is -0.497 e. The molecule has 4 heteroatoms. The van der Waals surface area contributed by atoms with E-state index in [0.29, 0.717) is 6.61 Å². The molecule has 0 aliphatic heterocycles. The second kappa shape index (κ2) is 6.82. The molecule has 0 unspecified atom stereocenters. The second-order valence-electron chi connectivity index (χ2n) is 6.66. The van der Waals surface area contributed by atoms with Crippen molar-refractivity contribution in [1.29, 1.82) is 0 Å². The van der Waals surface area contributed by atoms with E-state index in [4.69, 9.17) is 9.47 Å². The third-order valence-electron chi connectivity index (χ3n) is 4.26. The molecule has 0 fully saturated rings. The standard InChI is InChI=1S/C21H23NO3/c1-21(2,23)17-7-5-15(6-8-17)19-11-18(25-4)10-16-9-14(13-24-3)12-22-20(16)19/h5-12,23H,13H2,1-4H3. The molecule has 0 bridgehead atoms. The lowest BCUT2D eigenvalue weighted by Gasteiger charge is -2.18. The molecule has 130 valence electrons. The van der Waals surface area contributed by atoms with Gasteiger partial charge in [0.25, 0.3) is 0 Å². The molecule has 3 aromatic rings. The quantitative estimate of drug-likeness (QED) is 0.755. The Kier molecular flexibility index (Phi) is 4.75. The Hall–Kier alpha value is -2.43. The highest BCUT2D eigenvalue weighted by Gasteiger charge is 2.16. The monoisotopic (exact) mass is 337 g/mol. The van der Waals surface area contributed by atoms with Crippen molar-refractivity contribution >= 4 is 10.9 Å². The fourth-order valence-corrected chi connectivity index (χ4v) is 2.91. The molecule has 0 amide bonds. The highest BCUT2D eigenvalue weighted by molar-refractivity contribution is 5.95. The Morgan fingerprint density at radius 1 is 1.04 bits per heavy atom. The van der Waals surface area contributed by atoms with Crippen LogP contribution in [0.1, 0.15) is 25.0 Å². The van der Waals surface area contributed by atoms with E-state index >= 15 is 0 Å². The average Bonchev–Trinajstić information content (AvgIpc) is 2.60. The van der Waals surface area contributed by atoms with Crippen LogP contribution in [0.15, 0.2) is 48.7 Å². The van der Waals surface area contributed by atoms with Crippen molar-refractivity contribution < 1.29 is 14.6 Å². The van der Waals surface area contributed by atoms with Gasteiger partial charge >= 0.3 is 0 Å². The first-order chi connectivity index (χ1) is 11.9. The number of aliphatic hydroxyl groups is 1. The molecule has 0 spiro atoms. The number of aromatic nitrogens is 1. The Morgan fingerprint density at radius 3 is 2.36 bits per heavy atom. The van der Waals surface area contributed by atoms with Crippen LogP contribution in [0.4, 0.5) is 0 Å². The van der Waals surface area contributed by atoms with Crippen molar-refractivity contribution in [2.24, 2.45) is 0 Å². The van der Waals surface area contributed by atoms with Crippen molar-refractivity contribution in [3.8, 4) is 16.9 Å². The largest absolute Gasteiger partial charge is 0.497 e. The van der Waals surface area contributed by atoms with Gasteiger partial charge in [0.05, 0.1) is 24.8 Å². The van der Waals surface area contributed by atoms with E-state index in [1.165, 1.54) is 0 Å². The van der Waals surface area contributed by atoms with Crippen LogP contribution in [0.5, 0.6) is 5.75 Å². The number of methoxy groups -OCH3 is 2. The number of ether oxygens (including phenoxy) is 2. The lowest BCUT2D eigenvalue weighted by Crippen LogP contribution is -2.14.